The van der Waals surface area contributed by atoms with Gasteiger partial charge in [-0.05, 0) is 57.5 Å². The van der Waals surface area contributed by atoms with Crippen molar-refractivity contribution in [2.45, 2.75) is 34.2 Å². The lowest BCUT2D eigenvalue weighted by Crippen LogP contribution is -2.23. The van der Waals surface area contributed by atoms with Gasteiger partial charge in [-0.1, -0.05) is 0 Å². The van der Waals surface area contributed by atoms with E-state index in [4.69, 9.17) is 0 Å². The first kappa shape index (κ1) is 16.2. The van der Waals surface area contributed by atoms with Crippen molar-refractivity contribution < 1.29 is 4.79 Å². The molecule has 0 fully saturated rings. The van der Waals surface area contributed by atoms with Crippen molar-refractivity contribution in [2.75, 3.05) is 0 Å². The van der Waals surface area contributed by atoms with Gasteiger partial charge in [0.15, 0.2) is 0 Å². The Labute approximate surface area is 141 Å². The van der Waals surface area contributed by atoms with Gasteiger partial charge in [-0.2, -0.15) is 0 Å². The van der Waals surface area contributed by atoms with Crippen molar-refractivity contribution >= 4 is 16.9 Å². The number of aromatic nitrogens is 3. The number of nitrogens with zero attached hydrogens (tertiary/aromatic N) is 3. The molecule has 0 unspecified atom stereocenters. The summed E-state index contributed by atoms with van der Waals surface area (Å²) in [5, 5.41) is 2.99. The second-order valence-corrected chi connectivity index (χ2v) is 6.24. The van der Waals surface area contributed by atoms with Crippen molar-refractivity contribution in [1.29, 1.82) is 0 Å². The van der Waals surface area contributed by atoms with Crippen LogP contribution in [0, 0.1) is 27.7 Å². The van der Waals surface area contributed by atoms with Crippen molar-refractivity contribution in [2.24, 2.45) is 7.05 Å². The molecule has 0 aliphatic heterocycles. The van der Waals surface area contributed by atoms with Gasteiger partial charge in [0.2, 0.25) is 0 Å². The number of hydrogen-bond acceptors (Lipinski definition) is 3. The van der Waals surface area contributed by atoms with E-state index >= 15 is 0 Å². The van der Waals surface area contributed by atoms with Crippen LogP contribution in [0.25, 0.3) is 11.0 Å². The van der Waals surface area contributed by atoms with E-state index in [1.807, 2.05) is 27.0 Å². The molecule has 2 aromatic heterocycles. The molecule has 5 heteroatoms. The van der Waals surface area contributed by atoms with Gasteiger partial charge >= 0.3 is 0 Å². The monoisotopic (exact) mass is 322 g/mol. The van der Waals surface area contributed by atoms with Crippen LogP contribution in [0.5, 0.6) is 0 Å². The lowest BCUT2D eigenvalue weighted by Gasteiger charge is -2.07. The summed E-state index contributed by atoms with van der Waals surface area (Å²) < 4.78 is 2.12. The predicted molar refractivity (Wildman–Crippen MR) is 95.1 cm³/mol. The van der Waals surface area contributed by atoms with E-state index in [2.05, 4.69) is 39.8 Å². The third-order valence-corrected chi connectivity index (χ3v) is 4.66. The number of fused-ring (bicyclic) bond motifs is 1. The van der Waals surface area contributed by atoms with Crippen LogP contribution in [0.4, 0.5) is 0 Å². The lowest BCUT2D eigenvalue weighted by molar-refractivity contribution is 0.0951. The smallest absolute Gasteiger partial charge is 0.251 e. The molecule has 1 aromatic carbocycles. The minimum Gasteiger partial charge on any atom is -0.352 e. The molecule has 0 atom stereocenters. The molecule has 1 amide bonds. The number of benzene rings is 1. The Morgan fingerprint density at radius 2 is 1.71 bits per heavy atom. The van der Waals surface area contributed by atoms with E-state index in [1.54, 1.807) is 12.1 Å². The molecule has 3 aromatic rings. The van der Waals surface area contributed by atoms with Gasteiger partial charge in [-0.25, -0.2) is 9.97 Å². The molecule has 0 saturated carbocycles. The summed E-state index contributed by atoms with van der Waals surface area (Å²) in [6.07, 6.45) is 0. The van der Waals surface area contributed by atoms with Crippen LogP contribution in [0.1, 0.15) is 38.7 Å². The highest BCUT2D eigenvalue weighted by Gasteiger charge is 2.11. The minimum atomic E-state index is -0.0992. The van der Waals surface area contributed by atoms with Crippen LogP contribution in [-0.4, -0.2) is 20.4 Å². The molecule has 1 N–H and O–H groups in total. The van der Waals surface area contributed by atoms with Crippen LogP contribution in [0.15, 0.2) is 24.3 Å². The molecular formula is C19H22N4O. The fraction of sp³-hybridized carbons (Fsp3) is 0.316. The van der Waals surface area contributed by atoms with Crippen LogP contribution in [-0.2, 0) is 13.6 Å². The van der Waals surface area contributed by atoms with E-state index in [0.717, 1.165) is 28.0 Å². The molecule has 5 nitrogen and oxygen atoms in total. The molecule has 0 bridgehead atoms. The third kappa shape index (κ3) is 2.89. The zero-order valence-electron chi connectivity index (χ0n) is 14.8. The Morgan fingerprint density at radius 1 is 1.04 bits per heavy atom. The summed E-state index contributed by atoms with van der Waals surface area (Å²) >= 11 is 0. The van der Waals surface area contributed by atoms with Crippen LogP contribution >= 0.6 is 0 Å². The SMILES string of the molecule is Cc1nc2ccc(C(=O)NCc3cc(C)n(C)c3C)cc2nc1C. The van der Waals surface area contributed by atoms with Crippen LogP contribution < -0.4 is 5.32 Å². The van der Waals surface area contributed by atoms with Gasteiger partial charge in [-0.15, -0.1) is 0 Å². The minimum absolute atomic E-state index is 0.0992. The van der Waals surface area contributed by atoms with Gasteiger partial charge < -0.3 is 9.88 Å². The third-order valence-electron chi connectivity index (χ3n) is 4.66. The molecular weight excluding hydrogens is 300 g/mol. The molecule has 2 heterocycles. The molecule has 0 aliphatic carbocycles. The maximum atomic E-state index is 12.5. The number of carbonyl (C=O) groups is 1. The van der Waals surface area contributed by atoms with Gasteiger partial charge in [-0.3, -0.25) is 4.79 Å². The highest BCUT2D eigenvalue weighted by molar-refractivity contribution is 5.97. The summed E-state index contributed by atoms with van der Waals surface area (Å²) in [7, 11) is 2.03. The van der Waals surface area contributed by atoms with Gasteiger partial charge in [0.1, 0.15) is 0 Å². The highest BCUT2D eigenvalue weighted by atomic mass is 16.1. The Morgan fingerprint density at radius 3 is 2.33 bits per heavy atom. The first-order chi connectivity index (χ1) is 11.4. The quantitative estimate of drug-likeness (QED) is 0.806. The Bertz CT molecular complexity index is 940. The van der Waals surface area contributed by atoms with Crippen molar-refractivity contribution in [3.05, 3.63) is 58.2 Å². The highest BCUT2D eigenvalue weighted by Crippen LogP contribution is 2.16. The predicted octanol–water partition coefficient (Wildman–Crippen LogP) is 3.13. The average molecular weight is 322 g/mol. The molecule has 24 heavy (non-hydrogen) atoms. The fourth-order valence-corrected chi connectivity index (χ4v) is 2.76. The average Bonchev–Trinajstić information content (AvgIpc) is 2.80. The Balaban J connectivity index is 1.81. The van der Waals surface area contributed by atoms with Crippen LogP contribution in [0.3, 0.4) is 0 Å². The van der Waals surface area contributed by atoms with Crippen molar-refractivity contribution in [3.8, 4) is 0 Å². The number of carbonyl (C=O) groups excluding carboxylic acids is 1. The summed E-state index contributed by atoms with van der Waals surface area (Å²) in [5.41, 5.74) is 7.44. The zero-order chi connectivity index (χ0) is 17.4. The number of amides is 1. The largest absolute Gasteiger partial charge is 0.352 e. The Hall–Kier alpha value is -2.69. The number of rotatable bonds is 3. The first-order valence-corrected chi connectivity index (χ1v) is 8.02. The Kier molecular flexibility index (Phi) is 4.09. The second kappa shape index (κ2) is 6.07. The second-order valence-electron chi connectivity index (χ2n) is 6.24. The molecule has 0 radical (unpaired) electrons. The van der Waals surface area contributed by atoms with E-state index in [0.29, 0.717) is 12.1 Å². The number of nitrogens with one attached hydrogen (secondary N) is 1. The molecule has 3 rings (SSSR count). The van der Waals surface area contributed by atoms with E-state index < -0.39 is 0 Å². The lowest BCUT2D eigenvalue weighted by atomic mass is 10.1. The zero-order valence-corrected chi connectivity index (χ0v) is 14.8. The van der Waals surface area contributed by atoms with Gasteiger partial charge in [0.25, 0.3) is 5.91 Å². The maximum Gasteiger partial charge on any atom is 0.251 e. The molecule has 0 aliphatic rings. The standard InChI is InChI=1S/C19H22N4O/c1-11-8-16(14(4)23(11)5)10-20-19(24)15-6-7-17-18(9-15)22-13(3)12(2)21-17/h6-9H,10H2,1-5H3,(H,20,24). The normalized spacial score (nSPS) is 11.0. The van der Waals surface area contributed by atoms with Gasteiger partial charge in [0, 0.05) is 30.5 Å². The number of aryl methyl sites for hydroxylation is 3. The summed E-state index contributed by atoms with van der Waals surface area (Å²) in [4.78, 5) is 21.5. The van der Waals surface area contributed by atoms with Crippen LogP contribution in [0.2, 0.25) is 0 Å². The molecule has 0 spiro atoms. The van der Waals surface area contributed by atoms with Crippen molar-refractivity contribution in [1.82, 2.24) is 19.9 Å². The topological polar surface area (TPSA) is 59.8 Å². The molecule has 124 valence electrons. The van der Waals surface area contributed by atoms with E-state index in [1.165, 1.54) is 11.4 Å². The first-order valence-electron chi connectivity index (χ1n) is 8.02. The summed E-state index contributed by atoms with van der Waals surface area (Å²) in [5.74, 6) is -0.0992. The summed E-state index contributed by atoms with van der Waals surface area (Å²) in [6, 6.07) is 7.55. The van der Waals surface area contributed by atoms with Gasteiger partial charge in [0.05, 0.1) is 22.4 Å². The van der Waals surface area contributed by atoms with E-state index in [9.17, 15) is 4.79 Å². The summed E-state index contributed by atoms with van der Waals surface area (Å²) in [6.45, 7) is 8.50. The number of hydrogen-bond donors (Lipinski definition) is 1. The van der Waals surface area contributed by atoms with E-state index in [-0.39, 0.29) is 5.91 Å². The molecule has 0 saturated heterocycles. The maximum absolute atomic E-state index is 12.5. The fourth-order valence-electron chi connectivity index (χ4n) is 2.76. The van der Waals surface area contributed by atoms with Crippen molar-refractivity contribution in [3.63, 3.8) is 0 Å².